The summed E-state index contributed by atoms with van der Waals surface area (Å²) in [5, 5.41) is 0. The predicted octanol–water partition coefficient (Wildman–Crippen LogP) is 1.92. The van der Waals surface area contributed by atoms with Gasteiger partial charge in [0, 0.05) is 13.1 Å². The molecular formula is C21H28N2O5. The Hall–Kier alpha value is -2.38. The summed E-state index contributed by atoms with van der Waals surface area (Å²) in [7, 11) is 0. The molecule has 7 heteroatoms. The normalized spacial score (nSPS) is 17.9. The molecule has 0 N–H and O–H groups in total. The Morgan fingerprint density at radius 3 is 2.36 bits per heavy atom. The lowest BCUT2D eigenvalue weighted by Gasteiger charge is -2.29. The molecule has 2 heterocycles. The molecule has 0 unspecified atom stereocenters. The molecule has 0 aromatic heterocycles. The summed E-state index contributed by atoms with van der Waals surface area (Å²) in [5.74, 6) is 0.199. The molecule has 1 saturated heterocycles. The molecule has 0 saturated carbocycles. The zero-order valence-corrected chi connectivity index (χ0v) is 16.8. The van der Waals surface area contributed by atoms with Gasteiger partial charge in [0.2, 0.25) is 0 Å². The third-order valence-corrected chi connectivity index (χ3v) is 4.69. The maximum atomic E-state index is 13.2. The fourth-order valence-electron chi connectivity index (χ4n) is 3.37. The van der Waals surface area contributed by atoms with Crippen LogP contribution in [0.3, 0.4) is 0 Å². The second-order valence-electron chi connectivity index (χ2n) is 6.96. The van der Waals surface area contributed by atoms with E-state index < -0.39 is 0 Å². The number of amides is 2. The van der Waals surface area contributed by atoms with Crippen molar-refractivity contribution >= 4 is 17.4 Å². The van der Waals surface area contributed by atoms with Gasteiger partial charge >= 0.3 is 0 Å². The second kappa shape index (κ2) is 9.21. The van der Waals surface area contributed by atoms with Crippen molar-refractivity contribution in [3.63, 3.8) is 0 Å². The summed E-state index contributed by atoms with van der Waals surface area (Å²) in [6.45, 7) is 9.16. The molecule has 7 nitrogen and oxygen atoms in total. The average Bonchev–Trinajstić information content (AvgIpc) is 2.94. The van der Waals surface area contributed by atoms with E-state index in [1.165, 1.54) is 4.90 Å². The lowest BCUT2D eigenvalue weighted by Crippen LogP contribution is -2.41. The highest BCUT2D eigenvalue weighted by Gasteiger charge is 2.41. The van der Waals surface area contributed by atoms with Gasteiger partial charge in [-0.3, -0.25) is 14.5 Å². The summed E-state index contributed by atoms with van der Waals surface area (Å²) in [6, 6.07) is 7.32. The van der Waals surface area contributed by atoms with E-state index in [2.05, 4.69) is 0 Å². The van der Waals surface area contributed by atoms with Crippen LogP contribution in [0.4, 0.5) is 0 Å². The summed E-state index contributed by atoms with van der Waals surface area (Å²) < 4.78 is 16.5. The third-order valence-electron chi connectivity index (χ3n) is 4.69. The Morgan fingerprint density at radius 2 is 1.75 bits per heavy atom. The van der Waals surface area contributed by atoms with Gasteiger partial charge < -0.3 is 19.1 Å². The van der Waals surface area contributed by atoms with Crippen LogP contribution in [0.2, 0.25) is 0 Å². The summed E-state index contributed by atoms with van der Waals surface area (Å²) in [6.07, 6.45) is 0.0464. The van der Waals surface area contributed by atoms with E-state index in [-0.39, 0.29) is 24.5 Å². The second-order valence-corrected chi connectivity index (χ2v) is 6.96. The monoisotopic (exact) mass is 388 g/mol. The first kappa shape index (κ1) is 20.4. The minimum atomic E-state index is -0.275. The van der Waals surface area contributed by atoms with Crippen LogP contribution in [-0.2, 0) is 19.1 Å². The van der Waals surface area contributed by atoms with Crippen LogP contribution in [0.15, 0.2) is 30.0 Å². The molecule has 0 atom stereocenters. The van der Waals surface area contributed by atoms with E-state index in [0.29, 0.717) is 50.8 Å². The van der Waals surface area contributed by atoms with Crippen molar-refractivity contribution in [2.24, 2.45) is 0 Å². The van der Waals surface area contributed by atoms with Crippen LogP contribution < -0.4 is 4.74 Å². The molecule has 0 radical (unpaired) electrons. The van der Waals surface area contributed by atoms with Gasteiger partial charge in [-0.05, 0) is 38.5 Å². The van der Waals surface area contributed by atoms with Crippen molar-refractivity contribution in [1.82, 2.24) is 9.80 Å². The standard InChI is InChI=1S/C21H28N2O5/c1-4-27-17-7-5-16(6-8-17)18-19(22-9-12-26-13-10-22)21(25)23(20(18)24)11-14-28-15(2)3/h5-8,15H,4,9-14H2,1-3H3. The highest BCUT2D eigenvalue weighted by molar-refractivity contribution is 6.35. The highest BCUT2D eigenvalue weighted by atomic mass is 16.5. The van der Waals surface area contributed by atoms with Crippen molar-refractivity contribution in [3.05, 3.63) is 35.5 Å². The Labute approximate surface area is 165 Å². The van der Waals surface area contributed by atoms with Crippen molar-refractivity contribution in [3.8, 4) is 5.75 Å². The van der Waals surface area contributed by atoms with Crippen LogP contribution in [0.1, 0.15) is 26.3 Å². The Morgan fingerprint density at radius 1 is 1.07 bits per heavy atom. The molecule has 2 amide bonds. The first-order valence-electron chi connectivity index (χ1n) is 9.81. The van der Waals surface area contributed by atoms with E-state index in [0.717, 1.165) is 11.3 Å². The van der Waals surface area contributed by atoms with Crippen molar-refractivity contribution in [2.75, 3.05) is 46.1 Å². The summed E-state index contributed by atoms with van der Waals surface area (Å²) >= 11 is 0. The van der Waals surface area contributed by atoms with Crippen molar-refractivity contribution in [1.29, 1.82) is 0 Å². The van der Waals surface area contributed by atoms with Gasteiger partial charge in [-0.1, -0.05) is 12.1 Å². The highest BCUT2D eigenvalue weighted by Crippen LogP contribution is 2.32. The lowest BCUT2D eigenvalue weighted by molar-refractivity contribution is -0.138. The molecule has 1 fully saturated rings. The van der Waals surface area contributed by atoms with E-state index in [1.807, 2.05) is 49.9 Å². The largest absolute Gasteiger partial charge is 0.494 e. The number of benzene rings is 1. The summed E-state index contributed by atoms with van der Waals surface area (Å²) in [4.78, 5) is 29.5. The zero-order chi connectivity index (χ0) is 20.1. The van der Waals surface area contributed by atoms with E-state index >= 15 is 0 Å². The van der Waals surface area contributed by atoms with Gasteiger partial charge in [-0.15, -0.1) is 0 Å². The maximum Gasteiger partial charge on any atom is 0.277 e. The fourth-order valence-corrected chi connectivity index (χ4v) is 3.37. The van der Waals surface area contributed by atoms with Gasteiger partial charge in [-0.2, -0.15) is 0 Å². The van der Waals surface area contributed by atoms with Crippen molar-refractivity contribution < 1.29 is 23.8 Å². The first-order chi connectivity index (χ1) is 13.5. The predicted molar refractivity (Wildman–Crippen MR) is 105 cm³/mol. The number of rotatable bonds is 8. The van der Waals surface area contributed by atoms with Gasteiger partial charge in [0.1, 0.15) is 11.4 Å². The number of ether oxygens (including phenoxy) is 3. The Balaban J connectivity index is 1.91. The molecule has 2 aliphatic heterocycles. The Bertz CT molecular complexity index is 736. The lowest BCUT2D eigenvalue weighted by atomic mass is 10.0. The molecule has 0 spiro atoms. The van der Waals surface area contributed by atoms with Crippen LogP contribution in [0, 0.1) is 0 Å². The van der Waals surface area contributed by atoms with E-state index in [1.54, 1.807) is 0 Å². The van der Waals surface area contributed by atoms with Gasteiger partial charge in [0.05, 0.1) is 44.6 Å². The van der Waals surface area contributed by atoms with Crippen LogP contribution in [-0.4, -0.2) is 73.8 Å². The number of carbonyl (C=O) groups is 2. The first-order valence-corrected chi connectivity index (χ1v) is 9.81. The number of hydrogen-bond donors (Lipinski definition) is 0. The number of carbonyl (C=O) groups excluding carboxylic acids is 2. The number of imide groups is 1. The van der Waals surface area contributed by atoms with Crippen LogP contribution in [0.25, 0.3) is 5.57 Å². The minimum absolute atomic E-state index is 0.0464. The molecule has 1 aromatic carbocycles. The molecule has 1 aromatic rings. The molecular weight excluding hydrogens is 360 g/mol. The molecule has 28 heavy (non-hydrogen) atoms. The average molecular weight is 388 g/mol. The molecule has 2 aliphatic rings. The van der Waals surface area contributed by atoms with Gasteiger partial charge in [0.25, 0.3) is 11.8 Å². The van der Waals surface area contributed by atoms with Gasteiger partial charge in [-0.25, -0.2) is 0 Å². The number of nitrogens with zero attached hydrogens (tertiary/aromatic N) is 2. The smallest absolute Gasteiger partial charge is 0.277 e. The van der Waals surface area contributed by atoms with Crippen molar-refractivity contribution in [2.45, 2.75) is 26.9 Å². The minimum Gasteiger partial charge on any atom is -0.494 e. The van der Waals surface area contributed by atoms with E-state index in [4.69, 9.17) is 14.2 Å². The maximum absolute atomic E-state index is 13.2. The topological polar surface area (TPSA) is 68.3 Å². The van der Waals surface area contributed by atoms with Crippen LogP contribution >= 0.6 is 0 Å². The molecule has 152 valence electrons. The van der Waals surface area contributed by atoms with E-state index in [9.17, 15) is 9.59 Å². The third kappa shape index (κ3) is 4.36. The molecule has 3 rings (SSSR count). The fraction of sp³-hybridized carbons (Fsp3) is 0.524. The van der Waals surface area contributed by atoms with Gasteiger partial charge in [0.15, 0.2) is 0 Å². The SMILES string of the molecule is CCOc1ccc(C2=C(N3CCOCC3)C(=O)N(CCOC(C)C)C2=O)cc1. The Kier molecular flexibility index (Phi) is 6.70. The number of morpholine rings is 1. The number of hydrogen-bond acceptors (Lipinski definition) is 6. The molecule has 0 aliphatic carbocycles. The molecule has 0 bridgehead atoms. The zero-order valence-electron chi connectivity index (χ0n) is 16.8. The summed E-state index contributed by atoms with van der Waals surface area (Å²) in [5.41, 5.74) is 1.62. The quantitative estimate of drug-likeness (QED) is 0.634. The van der Waals surface area contributed by atoms with Crippen LogP contribution in [0.5, 0.6) is 5.75 Å².